The zero-order valence-electron chi connectivity index (χ0n) is 27.0. The predicted molar refractivity (Wildman–Crippen MR) is 181 cm³/mol. The van der Waals surface area contributed by atoms with Gasteiger partial charge in [-0.05, 0) is 54.3 Å². The summed E-state index contributed by atoms with van der Waals surface area (Å²) >= 11 is 0. The number of benzene rings is 3. The van der Waals surface area contributed by atoms with E-state index in [2.05, 4.69) is 34.7 Å². The third kappa shape index (κ3) is 10.0. The summed E-state index contributed by atoms with van der Waals surface area (Å²) in [5.74, 6) is 0.566. The number of likely N-dealkylation sites (tertiary alicyclic amines) is 1. The second kappa shape index (κ2) is 17.5. The van der Waals surface area contributed by atoms with Crippen molar-refractivity contribution in [1.82, 2.24) is 20.9 Å². The van der Waals surface area contributed by atoms with Crippen LogP contribution in [0.15, 0.2) is 91.0 Å². The van der Waals surface area contributed by atoms with E-state index >= 15 is 0 Å². The summed E-state index contributed by atoms with van der Waals surface area (Å²) in [5, 5.41) is 8.67. The van der Waals surface area contributed by atoms with E-state index in [-0.39, 0.29) is 43.7 Å². The molecule has 4 rings (SSSR count). The minimum Gasteiger partial charge on any atom is -0.356 e. The van der Waals surface area contributed by atoms with Gasteiger partial charge in [0.2, 0.25) is 17.7 Å². The monoisotopic (exact) mass is 610 g/mol. The molecule has 3 amide bonds. The third-order valence-electron chi connectivity index (χ3n) is 8.89. The van der Waals surface area contributed by atoms with Crippen LogP contribution in [0.4, 0.5) is 0 Å². The topological polar surface area (TPSA) is 90.5 Å². The minimum absolute atomic E-state index is 0.0609. The molecular weight excluding hydrogens is 560 g/mol. The van der Waals surface area contributed by atoms with E-state index in [0.29, 0.717) is 18.4 Å². The van der Waals surface area contributed by atoms with Crippen molar-refractivity contribution in [2.24, 2.45) is 11.8 Å². The molecular formula is C38H50N4O3. The second-order valence-electron chi connectivity index (χ2n) is 12.5. The maximum absolute atomic E-state index is 13.5. The number of piperidine rings is 1. The Bertz CT molecular complexity index is 1240. The van der Waals surface area contributed by atoms with Crippen molar-refractivity contribution in [1.29, 1.82) is 0 Å². The molecule has 0 bridgehead atoms. The standard InChI is InChI=1S/C38H50N4O3/c1-3-14-30(2)28-42-24-13-15-31(29-42)26-40-35(43)22-23-39-37(45)27-41-36(44)25-38(32-16-7-4-8-17-32,33-18-9-5-10-19-33)34-20-11-6-12-21-34/h4-12,16-21,30-31H,3,13-15,22-29H2,1-2H3,(H,39,45)(H,40,43)(H,41,44)/t30?,31-/m1/s1. The van der Waals surface area contributed by atoms with E-state index in [0.717, 1.165) is 42.7 Å². The molecule has 0 saturated carbocycles. The lowest BCUT2D eigenvalue weighted by atomic mass is 9.67. The van der Waals surface area contributed by atoms with Crippen LogP contribution >= 0.6 is 0 Å². The van der Waals surface area contributed by atoms with Crippen molar-refractivity contribution in [2.45, 2.75) is 57.8 Å². The van der Waals surface area contributed by atoms with Crippen LogP contribution in [0.25, 0.3) is 0 Å². The smallest absolute Gasteiger partial charge is 0.239 e. The Morgan fingerprint density at radius 1 is 0.800 bits per heavy atom. The number of hydrogen-bond donors (Lipinski definition) is 3. The van der Waals surface area contributed by atoms with Gasteiger partial charge in [0, 0.05) is 39.0 Å². The van der Waals surface area contributed by atoms with Crippen molar-refractivity contribution in [2.75, 3.05) is 39.3 Å². The van der Waals surface area contributed by atoms with Crippen molar-refractivity contribution >= 4 is 17.7 Å². The first-order chi connectivity index (χ1) is 21.9. The van der Waals surface area contributed by atoms with Crippen molar-refractivity contribution in [3.8, 4) is 0 Å². The fourth-order valence-corrected chi connectivity index (χ4v) is 6.69. The van der Waals surface area contributed by atoms with E-state index in [1.807, 2.05) is 91.0 Å². The molecule has 0 spiro atoms. The molecule has 1 aliphatic heterocycles. The van der Waals surface area contributed by atoms with E-state index in [9.17, 15) is 14.4 Å². The first kappa shape index (κ1) is 33.9. The summed E-state index contributed by atoms with van der Waals surface area (Å²) < 4.78 is 0. The average molecular weight is 611 g/mol. The van der Waals surface area contributed by atoms with Crippen LogP contribution in [-0.4, -0.2) is 61.9 Å². The molecule has 3 aromatic carbocycles. The average Bonchev–Trinajstić information content (AvgIpc) is 3.07. The quantitative estimate of drug-likeness (QED) is 0.192. The summed E-state index contributed by atoms with van der Waals surface area (Å²) in [7, 11) is 0. The van der Waals surface area contributed by atoms with Crippen molar-refractivity contribution < 1.29 is 14.4 Å². The van der Waals surface area contributed by atoms with Crippen LogP contribution < -0.4 is 16.0 Å². The van der Waals surface area contributed by atoms with E-state index < -0.39 is 5.41 Å². The Morgan fingerprint density at radius 2 is 1.38 bits per heavy atom. The fraction of sp³-hybridized carbons (Fsp3) is 0.447. The van der Waals surface area contributed by atoms with Gasteiger partial charge in [-0.2, -0.15) is 0 Å². The molecule has 1 fully saturated rings. The molecule has 1 unspecified atom stereocenters. The molecule has 0 aromatic heterocycles. The normalized spacial score (nSPS) is 16.0. The van der Waals surface area contributed by atoms with Crippen molar-refractivity contribution in [3.05, 3.63) is 108 Å². The van der Waals surface area contributed by atoms with Crippen molar-refractivity contribution in [3.63, 3.8) is 0 Å². The number of hydrogen-bond acceptors (Lipinski definition) is 4. The van der Waals surface area contributed by atoms with Gasteiger partial charge in [0.05, 0.1) is 12.0 Å². The molecule has 2 atom stereocenters. The Kier molecular flexibility index (Phi) is 13.2. The second-order valence-corrected chi connectivity index (χ2v) is 12.5. The van der Waals surface area contributed by atoms with E-state index in [1.54, 1.807) is 0 Å². The van der Waals surface area contributed by atoms with Gasteiger partial charge in [0.1, 0.15) is 0 Å². The highest BCUT2D eigenvalue weighted by Crippen LogP contribution is 2.42. The van der Waals surface area contributed by atoms with Gasteiger partial charge in [-0.1, -0.05) is 111 Å². The lowest BCUT2D eigenvalue weighted by Crippen LogP contribution is -2.43. The van der Waals surface area contributed by atoms with E-state index in [1.165, 1.54) is 19.3 Å². The number of rotatable bonds is 16. The largest absolute Gasteiger partial charge is 0.356 e. The number of nitrogens with one attached hydrogen (secondary N) is 3. The lowest BCUT2D eigenvalue weighted by Gasteiger charge is -2.35. The fourth-order valence-electron chi connectivity index (χ4n) is 6.69. The number of carbonyl (C=O) groups excluding carboxylic acids is 3. The number of amides is 3. The SMILES string of the molecule is CCCC(C)CN1CCC[C@H](CNC(=O)CCNC(=O)CNC(=O)CC(c2ccccc2)(c2ccccc2)c2ccccc2)C1. The zero-order chi connectivity index (χ0) is 31.9. The van der Waals surface area contributed by atoms with Gasteiger partial charge < -0.3 is 20.9 Å². The van der Waals surface area contributed by atoms with Gasteiger partial charge in [0.15, 0.2) is 0 Å². The highest BCUT2D eigenvalue weighted by Gasteiger charge is 2.38. The van der Waals surface area contributed by atoms with Crippen LogP contribution in [0.5, 0.6) is 0 Å². The highest BCUT2D eigenvalue weighted by atomic mass is 16.2. The van der Waals surface area contributed by atoms with Crippen LogP contribution in [0.1, 0.15) is 69.1 Å². The van der Waals surface area contributed by atoms with Gasteiger partial charge >= 0.3 is 0 Å². The minimum atomic E-state index is -0.731. The van der Waals surface area contributed by atoms with Crippen LogP contribution in [0.2, 0.25) is 0 Å². The third-order valence-corrected chi connectivity index (χ3v) is 8.89. The first-order valence-corrected chi connectivity index (χ1v) is 16.6. The van der Waals surface area contributed by atoms with Crippen LogP contribution in [-0.2, 0) is 19.8 Å². The first-order valence-electron chi connectivity index (χ1n) is 16.6. The highest BCUT2D eigenvalue weighted by molar-refractivity contribution is 5.86. The molecule has 7 heteroatoms. The molecule has 45 heavy (non-hydrogen) atoms. The van der Waals surface area contributed by atoms with Gasteiger partial charge in [-0.3, -0.25) is 14.4 Å². The van der Waals surface area contributed by atoms with Gasteiger partial charge in [0.25, 0.3) is 0 Å². The summed E-state index contributed by atoms with van der Waals surface area (Å²) in [6, 6.07) is 30.1. The molecule has 1 heterocycles. The Balaban J connectivity index is 1.25. The Labute approximate surface area is 269 Å². The number of nitrogens with zero attached hydrogens (tertiary/aromatic N) is 1. The molecule has 1 aliphatic rings. The molecule has 240 valence electrons. The van der Waals surface area contributed by atoms with Crippen LogP contribution in [0.3, 0.4) is 0 Å². The molecule has 3 aromatic rings. The van der Waals surface area contributed by atoms with E-state index in [4.69, 9.17) is 0 Å². The summed E-state index contributed by atoms with van der Waals surface area (Å²) in [5.41, 5.74) is 2.27. The predicted octanol–water partition coefficient (Wildman–Crippen LogP) is 5.30. The van der Waals surface area contributed by atoms with Crippen LogP contribution in [0, 0.1) is 11.8 Å². The molecule has 3 N–H and O–H groups in total. The van der Waals surface area contributed by atoms with Gasteiger partial charge in [-0.15, -0.1) is 0 Å². The Morgan fingerprint density at radius 3 is 1.93 bits per heavy atom. The number of carbonyl (C=O) groups is 3. The zero-order valence-corrected chi connectivity index (χ0v) is 27.0. The molecule has 1 saturated heterocycles. The summed E-state index contributed by atoms with van der Waals surface area (Å²) in [6.45, 7) is 8.62. The maximum Gasteiger partial charge on any atom is 0.239 e. The molecule has 0 radical (unpaired) electrons. The van der Waals surface area contributed by atoms with Gasteiger partial charge in [-0.25, -0.2) is 0 Å². The lowest BCUT2D eigenvalue weighted by molar-refractivity contribution is -0.126. The summed E-state index contributed by atoms with van der Waals surface area (Å²) in [4.78, 5) is 41.1. The summed E-state index contributed by atoms with van der Waals surface area (Å²) in [6.07, 6.45) is 5.12. The molecule has 7 nitrogen and oxygen atoms in total. The molecule has 0 aliphatic carbocycles. The maximum atomic E-state index is 13.5. The Hall–Kier alpha value is -3.97.